The number of thiazole rings is 1. The predicted octanol–water partition coefficient (Wildman–Crippen LogP) is 3.61. The van der Waals surface area contributed by atoms with Crippen LogP contribution in [0.4, 0.5) is 9.93 Å². The Morgan fingerprint density at radius 2 is 1.75 bits per heavy atom. The number of aromatic nitrogens is 1. The van der Waals surface area contributed by atoms with Gasteiger partial charge >= 0.3 is 6.03 Å². The standard InChI is InChI=1S/C35H47N7O7S2/c1-23(2)19-41(51(48,49)29-13-11-27(12-14-29)18-36-47)21-31(44)30(17-26-9-7-6-8-10-26)39-33(45)32(24(3)4)42-16-15-40(35(42)46)20-28-22-50-34(38-28)37-25(5)43/h6-14,18,22-24,30-32,44,47H,15-17,19-21H2,1-5H3,(H,39,45)(H,37,38,43)/b36-18+/t30?,31?,32-/m0/s1. The molecule has 2 unspecified atom stereocenters. The second kappa shape index (κ2) is 17.7. The Morgan fingerprint density at radius 3 is 2.35 bits per heavy atom. The molecule has 0 bridgehead atoms. The summed E-state index contributed by atoms with van der Waals surface area (Å²) in [6, 6.07) is 13.0. The summed E-state index contributed by atoms with van der Waals surface area (Å²) in [5.74, 6) is -1.06. The number of benzene rings is 2. The molecule has 16 heteroatoms. The second-order valence-corrected chi connectivity index (χ2v) is 16.1. The summed E-state index contributed by atoms with van der Waals surface area (Å²) >= 11 is 1.26. The van der Waals surface area contributed by atoms with Gasteiger partial charge in [-0.3, -0.25) is 9.59 Å². The molecule has 0 spiro atoms. The maximum absolute atomic E-state index is 14.1. The molecular weight excluding hydrogens is 695 g/mol. The van der Waals surface area contributed by atoms with E-state index in [2.05, 4.69) is 20.8 Å². The number of hydrogen-bond donors (Lipinski definition) is 4. The molecule has 2 aromatic carbocycles. The number of sulfonamides is 1. The Hall–Kier alpha value is -4.38. The smallest absolute Gasteiger partial charge is 0.321 e. The number of carbonyl (C=O) groups is 3. The number of urea groups is 1. The highest BCUT2D eigenvalue weighted by Gasteiger charge is 2.40. The van der Waals surface area contributed by atoms with Gasteiger partial charge in [-0.15, -0.1) is 11.3 Å². The number of rotatable bonds is 17. The number of oxime groups is 1. The van der Waals surface area contributed by atoms with Gasteiger partial charge < -0.3 is 30.7 Å². The van der Waals surface area contributed by atoms with E-state index in [1.165, 1.54) is 57.9 Å². The van der Waals surface area contributed by atoms with Crippen molar-refractivity contribution in [1.82, 2.24) is 24.4 Å². The molecule has 1 saturated heterocycles. The number of amides is 4. The summed E-state index contributed by atoms with van der Waals surface area (Å²) in [6.07, 6.45) is 0.0838. The normalized spacial score (nSPS) is 15.6. The summed E-state index contributed by atoms with van der Waals surface area (Å²) in [5, 5.41) is 31.4. The van der Waals surface area contributed by atoms with Crippen molar-refractivity contribution in [2.75, 3.05) is 31.5 Å². The van der Waals surface area contributed by atoms with Crippen LogP contribution in [0.1, 0.15) is 51.4 Å². The molecule has 4 amide bonds. The highest BCUT2D eigenvalue weighted by molar-refractivity contribution is 7.89. The monoisotopic (exact) mass is 741 g/mol. The number of anilines is 1. The Labute approximate surface area is 303 Å². The molecule has 3 atom stereocenters. The van der Waals surface area contributed by atoms with Crippen molar-refractivity contribution in [2.24, 2.45) is 17.0 Å². The lowest BCUT2D eigenvalue weighted by Gasteiger charge is -2.34. The third-order valence-electron chi connectivity index (χ3n) is 8.33. The second-order valence-electron chi connectivity index (χ2n) is 13.3. The summed E-state index contributed by atoms with van der Waals surface area (Å²) in [6.45, 7) is 9.53. The van der Waals surface area contributed by atoms with Gasteiger partial charge in [0, 0.05) is 38.5 Å². The van der Waals surface area contributed by atoms with E-state index in [0.29, 0.717) is 29.5 Å². The lowest BCUT2D eigenvalue weighted by molar-refractivity contribution is -0.128. The quantitative estimate of drug-likeness (QED) is 0.0919. The molecule has 4 N–H and O–H groups in total. The Balaban J connectivity index is 1.55. The number of nitrogens with one attached hydrogen (secondary N) is 2. The van der Waals surface area contributed by atoms with Gasteiger partial charge in [0.2, 0.25) is 21.8 Å². The molecule has 2 heterocycles. The topological polar surface area (TPSA) is 185 Å². The van der Waals surface area contributed by atoms with Gasteiger partial charge in [0.15, 0.2) is 5.13 Å². The molecule has 0 saturated carbocycles. The van der Waals surface area contributed by atoms with Gasteiger partial charge in [-0.2, -0.15) is 4.31 Å². The van der Waals surface area contributed by atoms with Crippen LogP contribution in [-0.2, 0) is 32.6 Å². The maximum atomic E-state index is 14.1. The molecular formula is C35H47N7O7S2. The fourth-order valence-corrected chi connectivity index (χ4v) is 8.34. The van der Waals surface area contributed by atoms with Crippen molar-refractivity contribution in [3.63, 3.8) is 0 Å². The zero-order chi connectivity index (χ0) is 37.3. The van der Waals surface area contributed by atoms with Gasteiger partial charge in [-0.25, -0.2) is 18.2 Å². The van der Waals surface area contributed by atoms with Crippen LogP contribution >= 0.6 is 11.3 Å². The largest absolute Gasteiger partial charge is 0.411 e. The van der Waals surface area contributed by atoms with Crippen LogP contribution in [-0.4, -0.2) is 106 Å². The average molecular weight is 742 g/mol. The molecule has 1 fully saturated rings. The molecule has 276 valence electrons. The minimum atomic E-state index is -4.07. The van der Waals surface area contributed by atoms with Crippen LogP contribution in [0.15, 0.2) is 70.0 Å². The summed E-state index contributed by atoms with van der Waals surface area (Å²) in [7, 11) is -4.07. The number of aliphatic hydroxyl groups excluding tert-OH is 1. The predicted molar refractivity (Wildman–Crippen MR) is 195 cm³/mol. The number of carbonyl (C=O) groups excluding carboxylic acids is 3. The fourth-order valence-electron chi connectivity index (χ4n) is 5.97. The molecule has 3 aromatic rings. The highest BCUT2D eigenvalue weighted by Crippen LogP contribution is 2.24. The lowest BCUT2D eigenvalue weighted by Crippen LogP contribution is -2.57. The van der Waals surface area contributed by atoms with E-state index in [-0.39, 0.29) is 54.7 Å². The zero-order valence-electron chi connectivity index (χ0n) is 29.5. The third-order valence-corrected chi connectivity index (χ3v) is 11.0. The summed E-state index contributed by atoms with van der Waals surface area (Å²) in [4.78, 5) is 46.7. The minimum Gasteiger partial charge on any atom is -0.411 e. The molecule has 1 aliphatic rings. The average Bonchev–Trinajstić information content (AvgIpc) is 3.66. The van der Waals surface area contributed by atoms with Gasteiger partial charge in [-0.1, -0.05) is 75.3 Å². The van der Waals surface area contributed by atoms with Gasteiger partial charge in [0.1, 0.15) is 6.04 Å². The van der Waals surface area contributed by atoms with Gasteiger partial charge in [0.25, 0.3) is 0 Å². The van der Waals surface area contributed by atoms with E-state index < -0.39 is 34.1 Å². The van der Waals surface area contributed by atoms with Crippen LogP contribution < -0.4 is 10.6 Å². The number of aliphatic hydroxyl groups is 1. The van der Waals surface area contributed by atoms with Crippen molar-refractivity contribution < 1.29 is 33.1 Å². The van der Waals surface area contributed by atoms with Gasteiger partial charge in [0.05, 0.1) is 35.5 Å². The highest BCUT2D eigenvalue weighted by atomic mass is 32.2. The van der Waals surface area contributed by atoms with Crippen LogP contribution in [0.5, 0.6) is 0 Å². The van der Waals surface area contributed by atoms with Crippen molar-refractivity contribution in [1.29, 1.82) is 0 Å². The summed E-state index contributed by atoms with van der Waals surface area (Å²) in [5.41, 5.74) is 1.95. The zero-order valence-corrected chi connectivity index (χ0v) is 31.1. The summed E-state index contributed by atoms with van der Waals surface area (Å²) < 4.78 is 29.0. The third kappa shape index (κ3) is 10.6. The molecule has 4 rings (SSSR count). The molecule has 1 aromatic heterocycles. The van der Waals surface area contributed by atoms with Crippen LogP contribution in [0, 0.1) is 11.8 Å². The molecule has 14 nitrogen and oxygen atoms in total. The first-order valence-corrected chi connectivity index (χ1v) is 19.1. The van der Waals surface area contributed by atoms with Crippen LogP contribution in [0.3, 0.4) is 0 Å². The van der Waals surface area contributed by atoms with Crippen LogP contribution in [0.25, 0.3) is 0 Å². The molecule has 51 heavy (non-hydrogen) atoms. The maximum Gasteiger partial charge on any atom is 0.321 e. The van der Waals surface area contributed by atoms with Crippen molar-refractivity contribution in [2.45, 2.75) is 70.7 Å². The van der Waals surface area contributed by atoms with Crippen LogP contribution in [0.2, 0.25) is 0 Å². The first-order chi connectivity index (χ1) is 24.2. The van der Waals surface area contributed by atoms with Crippen molar-refractivity contribution in [3.05, 3.63) is 76.8 Å². The van der Waals surface area contributed by atoms with Crippen molar-refractivity contribution >= 4 is 50.6 Å². The first-order valence-electron chi connectivity index (χ1n) is 16.8. The number of nitrogens with zero attached hydrogens (tertiary/aromatic N) is 5. The fraction of sp³-hybridized carbons (Fsp3) is 0.457. The van der Waals surface area contributed by atoms with Crippen molar-refractivity contribution in [3.8, 4) is 0 Å². The first kappa shape index (κ1) is 39.4. The molecule has 0 aliphatic carbocycles. The van der Waals surface area contributed by atoms with E-state index in [1.54, 1.807) is 10.3 Å². The van der Waals surface area contributed by atoms with E-state index >= 15 is 0 Å². The Morgan fingerprint density at radius 1 is 1.06 bits per heavy atom. The van der Waals surface area contributed by atoms with E-state index in [1.807, 2.05) is 58.0 Å². The number of hydrogen-bond acceptors (Lipinski definition) is 10. The molecule has 1 aliphatic heterocycles. The van der Waals surface area contributed by atoms with E-state index in [4.69, 9.17) is 5.21 Å². The Kier molecular flexibility index (Phi) is 13.7. The SMILES string of the molecule is CC(=O)Nc1nc(CN2CCN([C@H](C(=O)NC(Cc3ccccc3)C(O)CN(CC(C)C)S(=O)(=O)c3ccc(/C=N/O)cc3)C(C)C)C2=O)cs1. The minimum absolute atomic E-state index is 0.00930. The lowest BCUT2D eigenvalue weighted by atomic mass is 9.97. The molecule has 0 radical (unpaired) electrons. The van der Waals surface area contributed by atoms with Gasteiger partial charge in [-0.05, 0) is 41.5 Å². The Bertz CT molecular complexity index is 1770. The van der Waals surface area contributed by atoms with E-state index in [9.17, 15) is 27.9 Å². The van der Waals surface area contributed by atoms with E-state index in [0.717, 1.165) is 5.56 Å².